The summed E-state index contributed by atoms with van der Waals surface area (Å²) < 4.78 is 4.73. The fraction of sp³-hybridized carbons (Fsp3) is 0.235. The van der Waals surface area contributed by atoms with Crippen molar-refractivity contribution in [3.8, 4) is 0 Å². The number of halogens is 1. The molecule has 2 aromatic carbocycles. The fourth-order valence-corrected chi connectivity index (χ4v) is 2.19. The Hall–Kier alpha value is -1.84. The molecule has 0 fully saturated rings. The topological polar surface area (TPSA) is 38.3 Å². The largest absolute Gasteiger partial charge is 0.465 e. The molecule has 0 bridgehead atoms. The molecule has 0 radical (unpaired) electrons. The van der Waals surface area contributed by atoms with Gasteiger partial charge in [0.05, 0.1) is 12.7 Å². The predicted octanol–water partition coefficient (Wildman–Crippen LogP) is 3.98. The molecule has 1 atom stereocenters. The smallest absolute Gasteiger partial charge is 0.337 e. The minimum atomic E-state index is -0.317. The highest BCUT2D eigenvalue weighted by atomic mass is 35.5. The molecule has 0 heterocycles. The third-order valence-corrected chi connectivity index (χ3v) is 3.58. The zero-order valence-electron chi connectivity index (χ0n) is 12.1. The third kappa shape index (κ3) is 4.31. The van der Waals surface area contributed by atoms with Crippen LogP contribution in [0.5, 0.6) is 0 Å². The Bertz CT molecular complexity index is 610. The van der Waals surface area contributed by atoms with Gasteiger partial charge in [-0.05, 0) is 42.3 Å². The van der Waals surface area contributed by atoms with E-state index in [0.717, 1.165) is 10.6 Å². The fourth-order valence-electron chi connectivity index (χ4n) is 2.07. The second-order valence-electron chi connectivity index (χ2n) is 4.85. The van der Waals surface area contributed by atoms with Crippen molar-refractivity contribution >= 4 is 17.6 Å². The maximum absolute atomic E-state index is 11.5. The Morgan fingerprint density at radius 1 is 1.24 bits per heavy atom. The molecule has 4 heteroatoms. The number of rotatable bonds is 5. The van der Waals surface area contributed by atoms with Gasteiger partial charge in [0, 0.05) is 17.6 Å². The molecular weight excluding hydrogens is 286 g/mol. The quantitative estimate of drug-likeness (QED) is 0.849. The number of nitrogens with one attached hydrogen (secondary N) is 1. The van der Waals surface area contributed by atoms with E-state index in [1.165, 1.54) is 12.7 Å². The van der Waals surface area contributed by atoms with Gasteiger partial charge in [-0.1, -0.05) is 35.9 Å². The Balaban J connectivity index is 1.99. The minimum Gasteiger partial charge on any atom is -0.465 e. The number of hydrogen-bond donors (Lipinski definition) is 1. The number of esters is 1. The van der Waals surface area contributed by atoms with E-state index in [-0.39, 0.29) is 12.0 Å². The van der Waals surface area contributed by atoms with E-state index in [4.69, 9.17) is 16.3 Å². The average Bonchev–Trinajstić information content (AvgIpc) is 2.52. The minimum absolute atomic E-state index is 0.198. The van der Waals surface area contributed by atoms with Gasteiger partial charge >= 0.3 is 5.97 Å². The van der Waals surface area contributed by atoms with Crippen molar-refractivity contribution in [1.29, 1.82) is 0 Å². The number of carbonyl (C=O) groups is 1. The molecule has 0 amide bonds. The van der Waals surface area contributed by atoms with Gasteiger partial charge < -0.3 is 10.1 Å². The van der Waals surface area contributed by atoms with Crippen LogP contribution >= 0.6 is 11.6 Å². The van der Waals surface area contributed by atoms with Crippen LogP contribution in [0.1, 0.15) is 34.5 Å². The van der Waals surface area contributed by atoms with E-state index in [1.54, 1.807) is 6.07 Å². The van der Waals surface area contributed by atoms with Gasteiger partial charge in [0.2, 0.25) is 0 Å². The summed E-state index contributed by atoms with van der Waals surface area (Å²) in [5.74, 6) is -0.317. The summed E-state index contributed by atoms with van der Waals surface area (Å²) in [5, 5.41) is 4.16. The molecule has 3 nitrogen and oxygen atoms in total. The van der Waals surface area contributed by atoms with E-state index in [1.807, 2.05) is 42.5 Å². The van der Waals surface area contributed by atoms with Crippen LogP contribution in [0.15, 0.2) is 48.5 Å². The van der Waals surface area contributed by atoms with Gasteiger partial charge in [0.1, 0.15) is 0 Å². The van der Waals surface area contributed by atoms with Crippen molar-refractivity contribution in [3.05, 3.63) is 70.2 Å². The van der Waals surface area contributed by atoms with Crippen molar-refractivity contribution in [2.24, 2.45) is 0 Å². The second kappa shape index (κ2) is 7.25. The summed E-state index contributed by atoms with van der Waals surface area (Å²) in [7, 11) is 1.38. The van der Waals surface area contributed by atoms with Crippen LogP contribution in [0.2, 0.25) is 5.02 Å². The van der Waals surface area contributed by atoms with Crippen molar-refractivity contribution in [2.75, 3.05) is 7.11 Å². The van der Waals surface area contributed by atoms with Gasteiger partial charge in [-0.15, -0.1) is 0 Å². The summed E-state index contributed by atoms with van der Waals surface area (Å²) >= 11 is 5.89. The van der Waals surface area contributed by atoms with Crippen molar-refractivity contribution in [2.45, 2.75) is 19.5 Å². The highest BCUT2D eigenvalue weighted by molar-refractivity contribution is 6.30. The number of ether oxygens (including phenoxy) is 1. The standard InChI is InChI=1S/C17H18ClNO2/c1-12(14-6-8-16(18)9-7-14)19-11-13-4-3-5-15(10-13)17(20)21-2/h3-10,12,19H,11H2,1-2H3. The van der Waals surface area contributed by atoms with Crippen molar-refractivity contribution < 1.29 is 9.53 Å². The summed E-state index contributed by atoms with van der Waals surface area (Å²) in [4.78, 5) is 11.5. The lowest BCUT2D eigenvalue weighted by Gasteiger charge is -2.14. The van der Waals surface area contributed by atoms with E-state index in [0.29, 0.717) is 12.1 Å². The Kier molecular flexibility index (Phi) is 5.37. The summed E-state index contributed by atoms with van der Waals surface area (Å²) in [6, 6.07) is 15.4. The summed E-state index contributed by atoms with van der Waals surface area (Å²) in [5.41, 5.74) is 2.78. The molecule has 0 aromatic heterocycles. The van der Waals surface area contributed by atoms with E-state index in [9.17, 15) is 4.79 Å². The molecule has 0 aliphatic heterocycles. The normalized spacial score (nSPS) is 12.0. The molecule has 2 aromatic rings. The van der Waals surface area contributed by atoms with Crippen LogP contribution in [0.4, 0.5) is 0 Å². The molecular formula is C17H18ClNO2. The van der Waals surface area contributed by atoms with Gasteiger partial charge in [-0.3, -0.25) is 0 Å². The van der Waals surface area contributed by atoms with Crippen molar-refractivity contribution in [1.82, 2.24) is 5.32 Å². The average molecular weight is 304 g/mol. The SMILES string of the molecule is COC(=O)c1cccc(CNC(C)c2ccc(Cl)cc2)c1. The van der Waals surface area contributed by atoms with Gasteiger partial charge in [-0.25, -0.2) is 4.79 Å². The van der Waals surface area contributed by atoms with E-state index in [2.05, 4.69) is 12.2 Å². The first kappa shape index (κ1) is 15.5. The number of hydrogen-bond acceptors (Lipinski definition) is 3. The molecule has 0 aliphatic rings. The summed E-state index contributed by atoms with van der Waals surface area (Å²) in [6.45, 7) is 2.77. The van der Waals surface area contributed by atoms with Gasteiger partial charge in [-0.2, -0.15) is 0 Å². The maximum atomic E-state index is 11.5. The third-order valence-electron chi connectivity index (χ3n) is 3.33. The molecule has 21 heavy (non-hydrogen) atoms. The van der Waals surface area contributed by atoms with E-state index < -0.39 is 0 Å². The highest BCUT2D eigenvalue weighted by Crippen LogP contribution is 2.17. The molecule has 1 N–H and O–H groups in total. The van der Waals surface area contributed by atoms with Crippen molar-refractivity contribution in [3.63, 3.8) is 0 Å². The Labute approximate surface area is 129 Å². The highest BCUT2D eigenvalue weighted by Gasteiger charge is 2.07. The van der Waals surface area contributed by atoms with Crippen LogP contribution in [-0.4, -0.2) is 13.1 Å². The Morgan fingerprint density at radius 2 is 1.95 bits per heavy atom. The first-order valence-corrected chi connectivity index (χ1v) is 7.14. The predicted molar refractivity (Wildman–Crippen MR) is 84.5 cm³/mol. The lowest BCUT2D eigenvalue weighted by Crippen LogP contribution is -2.18. The molecule has 2 rings (SSSR count). The monoisotopic (exact) mass is 303 g/mol. The second-order valence-corrected chi connectivity index (χ2v) is 5.28. The number of benzene rings is 2. The van der Waals surface area contributed by atoms with Crippen LogP contribution in [-0.2, 0) is 11.3 Å². The molecule has 1 unspecified atom stereocenters. The number of methoxy groups -OCH3 is 1. The summed E-state index contributed by atoms with van der Waals surface area (Å²) in [6.07, 6.45) is 0. The lowest BCUT2D eigenvalue weighted by molar-refractivity contribution is 0.0600. The molecule has 0 aliphatic carbocycles. The molecule has 110 valence electrons. The molecule has 0 spiro atoms. The zero-order chi connectivity index (χ0) is 15.2. The first-order valence-electron chi connectivity index (χ1n) is 6.76. The molecule has 0 saturated heterocycles. The maximum Gasteiger partial charge on any atom is 0.337 e. The van der Waals surface area contributed by atoms with Gasteiger partial charge in [0.25, 0.3) is 0 Å². The first-order chi connectivity index (χ1) is 10.1. The van der Waals surface area contributed by atoms with Gasteiger partial charge in [0.15, 0.2) is 0 Å². The van der Waals surface area contributed by atoms with Crippen LogP contribution in [0.3, 0.4) is 0 Å². The van der Waals surface area contributed by atoms with Crippen LogP contribution < -0.4 is 5.32 Å². The lowest BCUT2D eigenvalue weighted by atomic mass is 10.1. The number of carbonyl (C=O) groups excluding carboxylic acids is 1. The zero-order valence-corrected chi connectivity index (χ0v) is 12.9. The van der Waals surface area contributed by atoms with Crippen LogP contribution in [0, 0.1) is 0 Å². The molecule has 0 saturated carbocycles. The van der Waals surface area contributed by atoms with E-state index >= 15 is 0 Å². The Morgan fingerprint density at radius 3 is 2.62 bits per heavy atom. The van der Waals surface area contributed by atoms with Crippen LogP contribution in [0.25, 0.3) is 0 Å².